The Morgan fingerprint density at radius 1 is 1.07 bits per heavy atom. The Labute approximate surface area is 164 Å². The van der Waals surface area contributed by atoms with Crippen molar-refractivity contribution in [3.63, 3.8) is 0 Å². The molecule has 2 atom stereocenters. The second-order valence-corrected chi connectivity index (χ2v) is 7.00. The Bertz CT molecular complexity index is 823. The zero-order valence-electron chi connectivity index (χ0n) is 15.9. The Hall–Kier alpha value is -3.15. The standard InChI is InChI=1S/C22H25N3O3/c1-16(21(27)23-13-12-17-8-4-2-5-9-17)24-22(28)18-14-20(26)25(15-18)19-10-6-3-7-11-19/h2-11,16,18H,12-15H2,1H3,(H,23,27)(H,24,28)/t16-,18?/m0/s1. The lowest BCUT2D eigenvalue weighted by molar-refractivity contribution is -0.130. The van der Waals surface area contributed by atoms with Crippen LogP contribution in [0.3, 0.4) is 0 Å². The summed E-state index contributed by atoms with van der Waals surface area (Å²) in [4.78, 5) is 38.6. The van der Waals surface area contributed by atoms with Gasteiger partial charge in [-0.25, -0.2) is 0 Å². The maximum absolute atomic E-state index is 12.5. The minimum absolute atomic E-state index is 0.0775. The number of hydrogen-bond acceptors (Lipinski definition) is 3. The van der Waals surface area contributed by atoms with Gasteiger partial charge in [0.15, 0.2) is 0 Å². The lowest BCUT2D eigenvalue weighted by Gasteiger charge is -2.18. The third-order valence-electron chi connectivity index (χ3n) is 4.87. The Kier molecular flexibility index (Phi) is 6.42. The molecule has 0 radical (unpaired) electrons. The van der Waals surface area contributed by atoms with Gasteiger partial charge in [0.25, 0.3) is 0 Å². The molecule has 1 heterocycles. The van der Waals surface area contributed by atoms with Gasteiger partial charge >= 0.3 is 0 Å². The molecule has 28 heavy (non-hydrogen) atoms. The number of nitrogens with one attached hydrogen (secondary N) is 2. The summed E-state index contributed by atoms with van der Waals surface area (Å²) in [7, 11) is 0. The molecule has 3 rings (SSSR count). The second-order valence-electron chi connectivity index (χ2n) is 7.00. The summed E-state index contributed by atoms with van der Waals surface area (Å²) in [6, 6.07) is 18.5. The molecule has 0 bridgehead atoms. The van der Waals surface area contributed by atoms with Crippen molar-refractivity contribution in [1.82, 2.24) is 10.6 Å². The van der Waals surface area contributed by atoms with E-state index in [1.54, 1.807) is 11.8 Å². The number of benzene rings is 2. The number of carbonyl (C=O) groups is 3. The van der Waals surface area contributed by atoms with Gasteiger partial charge in [0.1, 0.15) is 6.04 Å². The van der Waals surface area contributed by atoms with Crippen molar-refractivity contribution in [3.05, 3.63) is 66.2 Å². The molecule has 6 nitrogen and oxygen atoms in total. The lowest BCUT2D eigenvalue weighted by Crippen LogP contribution is -2.47. The van der Waals surface area contributed by atoms with E-state index in [1.165, 1.54) is 0 Å². The molecule has 1 fully saturated rings. The summed E-state index contributed by atoms with van der Waals surface area (Å²) in [5, 5.41) is 5.57. The summed E-state index contributed by atoms with van der Waals surface area (Å²) < 4.78 is 0. The number of carbonyl (C=O) groups excluding carboxylic acids is 3. The third-order valence-corrected chi connectivity index (χ3v) is 4.87. The number of nitrogens with zero attached hydrogens (tertiary/aromatic N) is 1. The van der Waals surface area contributed by atoms with Crippen molar-refractivity contribution in [2.75, 3.05) is 18.0 Å². The smallest absolute Gasteiger partial charge is 0.242 e. The van der Waals surface area contributed by atoms with Crippen LogP contribution in [0.15, 0.2) is 60.7 Å². The van der Waals surface area contributed by atoms with Crippen molar-refractivity contribution in [2.24, 2.45) is 5.92 Å². The monoisotopic (exact) mass is 379 g/mol. The highest BCUT2D eigenvalue weighted by atomic mass is 16.2. The van der Waals surface area contributed by atoms with Crippen molar-refractivity contribution < 1.29 is 14.4 Å². The minimum atomic E-state index is -0.649. The molecule has 146 valence electrons. The zero-order valence-corrected chi connectivity index (χ0v) is 15.9. The lowest BCUT2D eigenvalue weighted by atomic mass is 10.1. The van der Waals surface area contributed by atoms with Crippen LogP contribution < -0.4 is 15.5 Å². The summed E-state index contributed by atoms with van der Waals surface area (Å²) in [5.74, 6) is -1.02. The average molecular weight is 379 g/mol. The predicted octanol–water partition coefficient (Wildman–Crippen LogP) is 1.90. The van der Waals surface area contributed by atoms with Crippen LogP contribution in [0.25, 0.3) is 0 Å². The van der Waals surface area contributed by atoms with E-state index in [4.69, 9.17) is 0 Å². The molecule has 0 aliphatic carbocycles. The van der Waals surface area contributed by atoms with Crippen LogP contribution in [0.5, 0.6) is 0 Å². The highest BCUT2D eigenvalue weighted by Gasteiger charge is 2.35. The van der Waals surface area contributed by atoms with E-state index < -0.39 is 12.0 Å². The molecule has 0 saturated carbocycles. The molecule has 1 aliphatic rings. The molecule has 0 spiro atoms. The predicted molar refractivity (Wildman–Crippen MR) is 108 cm³/mol. The van der Waals surface area contributed by atoms with E-state index in [0.717, 1.165) is 17.7 Å². The van der Waals surface area contributed by atoms with E-state index in [-0.39, 0.29) is 24.1 Å². The number of anilines is 1. The first-order valence-corrected chi connectivity index (χ1v) is 9.52. The molecule has 1 aliphatic heterocycles. The van der Waals surface area contributed by atoms with Gasteiger partial charge in [-0.1, -0.05) is 48.5 Å². The molecule has 2 N–H and O–H groups in total. The number of hydrogen-bond donors (Lipinski definition) is 2. The molecular formula is C22H25N3O3. The second kappa shape index (κ2) is 9.17. The van der Waals surface area contributed by atoms with Crippen molar-refractivity contribution in [3.8, 4) is 0 Å². The highest BCUT2D eigenvalue weighted by molar-refractivity contribution is 6.01. The Balaban J connectivity index is 1.46. The maximum atomic E-state index is 12.5. The van der Waals surface area contributed by atoms with Crippen LogP contribution in [0.2, 0.25) is 0 Å². The van der Waals surface area contributed by atoms with Gasteiger partial charge in [0.05, 0.1) is 5.92 Å². The zero-order chi connectivity index (χ0) is 19.9. The van der Waals surface area contributed by atoms with Crippen LogP contribution in [-0.2, 0) is 20.8 Å². The first-order valence-electron chi connectivity index (χ1n) is 9.52. The normalized spacial score (nSPS) is 17.2. The van der Waals surface area contributed by atoms with Gasteiger partial charge in [0.2, 0.25) is 17.7 Å². The van der Waals surface area contributed by atoms with Crippen LogP contribution >= 0.6 is 0 Å². The van der Waals surface area contributed by atoms with E-state index in [1.807, 2.05) is 60.7 Å². The first-order chi connectivity index (χ1) is 13.5. The largest absolute Gasteiger partial charge is 0.354 e. The van der Waals surface area contributed by atoms with Crippen LogP contribution in [-0.4, -0.2) is 36.9 Å². The first kappa shape index (κ1) is 19.6. The average Bonchev–Trinajstić information content (AvgIpc) is 3.11. The molecule has 6 heteroatoms. The number of rotatable bonds is 7. The summed E-state index contributed by atoms with van der Waals surface area (Å²) in [5.41, 5.74) is 1.93. The van der Waals surface area contributed by atoms with Gasteiger partial charge in [-0.15, -0.1) is 0 Å². The summed E-state index contributed by atoms with van der Waals surface area (Å²) >= 11 is 0. The van der Waals surface area contributed by atoms with Gasteiger partial charge in [0, 0.05) is 25.2 Å². The molecule has 1 saturated heterocycles. The van der Waals surface area contributed by atoms with Crippen LogP contribution in [0.1, 0.15) is 18.9 Å². The molecule has 2 aromatic carbocycles. The van der Waals surface area contributed by atoms with Crippen molar-refractivity contribution in [1.29, 1.82) is 0 Å². The SMILES string of the molecule is C[C@H](NC(=O)C1CC(=O)N(c2ccccc2)C1)C(=O)NCCc1ccccc1. The van der Waals surface area contributed by atoms with E-state index in [2.05, 4.69) is 10.6 Å². The van der Waals surface area contributed by atoms with Crippen molar-refractivity contribution in [2.45, 2.75) is 25.8 Å². The Morgan fingerprint density at radius 2 is 1.71 bits per heavy atom. The number of para-hydroxylation sites is 1. The fourth-order valence-electron chi connectivity index (χ4n) is 3.27. The van der Waals surface area contributed by atoms with E-state index >= 15 is 0 Å². The minimum Gasteiger partial charge on any atom is -0.354 e. The van der Waals surface area contributed by atoms with E-state index in [0.29, 0.717) is 13.1 Å². The molecular weight excluding hydrogens is 354 g/mol. The van der Waals surface area contributed by atoms with Gasteiger partial charge in [-0.2, -0.15) is 0 Å². The molecule has 1 unspecified atom stereocenters. The summed E-state index contributed by atoms with van der Waals surface area (Å²) in [6.45, 7) is 2.49. The highest BCUT2D eigenvalue weighted by Crippen LogP contribution is 2.24. The summed E-state index contributed by atoms with van der Waals surface area (Å²) in [6.07, 6.45) is 0.888. The fourth-order valence-corrected chi connectivity index (χ4v) is 3.27. The topological polar surface area (TPSA) is 78.5 Å². The van der Waals surface area contributed by atoms with Crippen LogP contribution in [0.4, 0.5) is 5.69 Å². The Morgan fingerprint density at radius 3 is 2.39 bits per heavy atom. The maximum Gasteiger partial charge on any atom is 0.242 e. The molecule has 2 aromatic rings. The van der Waals surface area contributed by atoms with Crippen molar-refractivity contribution >= 4 is 23.4 Å². The fraction of sp³-hybridized carbons (Fsp3) is 0.318. The van der Waals surface area contributed by atoms with Crippen LogP contribution in [0, 0.1) is 5.92 Å². The molecule has 0 aromatic heterocycles. The van der Waals surface area contributed by atoms with Gasteiger partial charge in [-0.3, -0.25) is 14.4 Å². The number of amides is 3. The quantitative estimate of drug-likeness (QED) is 0.771. The van der Waals surface area contributed by atoms with Gasteiger partial charge < -0.3 is 15.5 Å². The van der Waals surface area contributed by atoms with Gasteiger partial charge in [-0.05, 0) is 31.0 Å². The third kappa shape index (κ3) is 4.97. The molecule has 3 amide bonds. The van der Waals surface area contributed by atoms with E-state index in [9.17, 15) is 14.4 Å².